The molecule has 23 heavy (non-hydrogen) atoms. The van der Waals surface area contributed by atoms with Crippen molar-refractivity contribution in [1.82, 2.24) is 10.3 Å². The summed E-state index contributed by atoms with van der Waals surface area (Å²) in [6, 6.07) is 16.8. The van der Waals surface area contributed by atoms with Gasteiger partial charge in [0.15, 0.2) is 0 Å². The Balaban J connectivity index is 1.86. The van der Waals surface area contributed by atoms with Crippen molar-refractivity contribution in [3.63, 3.8) is 0 Å². The molecule has 1 aliphatic heterocycles. The zero-order chi connectivity index (χ0) is 15.8. The average molecular weight is 303 g/mol. The van der Waals surface area contributed by atoms with Gasteiger partial charge in [-0.2, -0.15) is 0 Å². The van der Waals surface area contributed by atoms with Gasteiger partial charge < -0.3 is 4.98 Å². The lowest BCUT2D eigenvalue weighted by Gasteiger charge is -2.06. The lowest BCUT2D eigenvalue weighted by Crippen LogP contribution is -2.22. The van der Waals surface area contributed by atoms with Crippen LogP contribution in [0.2, 0.25) is 0 Å². The number of H-pyrrole nitrogens is 1. The molecule has 3 aromatic rings. The van der Waals surface area contributed by atoms with Gasteiger partial charge in [-0.1, -0.05) is 36.4 Å². The Hall–Kier alpha value is -3.21. The van der Waals surface area contributed by atoms with Crippen LogP contribution in [0.15, 0.2) is 65.8 Å². The summed E-state index contributed by atoms with van der Waals surface area (Å²) in [4.78, 5) is 32.0. The molecule has 112 valence electrons. The molecular weight excluding hydrogens is 290 g/mol. The number of hydrogen-bond acceptors (Lipinski definition) is 3. The zero-order valence-electron chi connectivity index (χ0n) is 12.1. The van der Waals surface area contributed by atoms with Crippen molar-refractivity contribution in [2.75, 3.05) is 0 Å². The highest BCUT2D eigenvalue weighted by Crippen LogP contribution is 2.30. The minimum atomic E-state index is -0.696. The smallest absolute Gasteiger partial charge is 0.273 e. The minimum Gasteiger partial charge on any atom is -0.361 e. The molecule has 1 fully saturated rings. The van der Waals surface area contributed by atoms with E-state index in [-0.39, 0.29) is 11.6 Å². The Kier molecular flexibility index (Phi) is 3.05. The number of imide groups is 1. The average Bonchev–Trinajstić information content (AvgIpc) is 3.10. The Morgan fingerprint density at radius 1 is 0.913 bits per heavy atom. The van der Waals surface area contributed by atoms with Crippen molar-refractivity contribution in [3.05, 3.63) is 66.4 Å². The summed E-state index contributed by atoms with van der Waals surface area (Å²) >= 11 is 0. The van der Waals surface area contributed by atoms with Crippen molar-refractivity contribution < 1.29 is 9.59 Å². The van der Waals surface area contributed by atoms with Gasteiger partial charge in [-0.3, -0.25) is 14.9 Å². The molecule has 0 radical (unpaired) electrons. The van der Waals surface area contributed by atoms with Crippen molar-refractivity contribution in [3.8, 4) is 0 Å². The summed E-state index contributed by atoms with van der Waals surface area (Å²) in [5.41, 5.74) is 2.57. The number of carbonyl (C=O) groups is 2. The number of amides is 2. The highest BCUT2D eigenvalue weighted by atomic mass is 16.2. The maximum atomic E-state index is 12.3. The van der Waals surface area contributed by atoms with Crippen LogP contribution < -0.4 is 5.32 Å². The quantitative estimate of drug-likeness (QED) is 0.714. The maximum Gasteiger partial charge on any atom is 0.273 e. The van der Waals surface area contributed by atoms with E-state index in [1.165, 1.54) is 0 Å². The van der Waals surface area contributed by atoms with E-state index in [4.69, 9.17) is 0 Å². The van der Waals surface area contributed by atoms with Crippen molar-refractivity contribution in [2.45, 2.75) is 5.92 Å². The molecule has 1 saturated heterocycles. The summed E-state index contributed by atoms with van der Waals surface area (Å²) in [7, 11) is 0. The van der Waals surface area contributed by atoms with Crippen LogP contribution in [0, 0.1) is 0 Å². The van der Waals surface area contributed by atoms with Crippen LogP contribution in [0.1, 0.15) is 11.5 Å². The molecule has 2 aromatic carbocycles. The van der Waals surface area contributed by atoms with E-state index in [0.29, 0.717) is 5.69 Å². The first kappa shape index (κ1) is 13.5. The van der Waals surface area contributed by atoms with Crippen LogP contribution in [0.3, 0.4) is 0 Å². The van der Waals surface area contributed by atoms with Gasteiger partial charge in [0.1, 0.15) is 11.6 Å². The van der Waals surface area contributed by atoms with Crippen LogP contribution in [-0.2, 0) is 9.59 Å². The van der Waals surface area contributed by atoms with Gasteiger partial charge in [-0.15, -0.1) is 0 Å². The standard InChI is InChI=1S/C18H13N3O2/c22-17-15(13-10-19-14-9-5-4-8-12(13)14)16(18(23)21-17)20-11-6-2-1-3-7-11/h1-10,15,19H,(H,21,22,23). The predicted molar refractivity (Wildman–Crippen MR) is 87.7 cm³/mol. The summed E-state index contributed by atoms with van der Waals surface area (Å²) < 4.78 is 0. The van der Waals surface area contributed by atoms with Crippen molar-refractivity contribution in [1.29, 1.82) is 0 Å². The highest BCUT2D eigenvalue weighted by molar-refractivity contribution is 6.52. The van der Waals surface area contributed by atoms with Crippen LogP contribution >= 0.6 is 0 Å². The first-order valence-electron chi connectivity index (χ1n) is 7.29. The molecule has 1 aromatic heterocycles. The maximum absolute atomic E-state index is 12.3. The summed E-state index contributed by atoms with van der Waals surface area (Å²) in [5.74, 6) is -1.47. The number of aromatic nitrogens is 1. The van der Waals surface area contributed by atoms with Gasteiger partial charge in [-0.25, -0.2) is 4.99 Å². The normalized spacial score (nSPS) is 19.5. The number of hydrogen-bond donors (Lipinski definition) is 2. The van der Waals surface area contributed by atoms with Crippen LogP contribution in [0.4, 0.5) is 5.69 Å². The number of aliphatic imine (C=N–C) groups is 1. The lowest BCUT2D eigenvalue weighted by atomic mass is 9.95. The minimum absolute atomic E-state index is 0.228. The SMILES string of the molecule is O=C1NC(=O)C(c2c[nH]c3ccccc23)C1=Nc1ccccc1. The van der Waals surface area contributed by atoms with Gasteiger partial charge >= 0.3 is 0 Å². The summed E-state index contributed by atoms with van der Waals surface area (Å²) in [5, 5.41) is 3.29. The first-order chi connectivity index (χ1) is 11.2. The Morgan fingerprint density at radius 2 is 1.65 bits per heavy atom. The molecule has 0 aliphatic carbocycles. The second-order valence-corrected chi connectivity index (χ2v) is 5.37. The van der Waals surface area contributed by atoms with E-state index >= 15 is 0 Å². The number of carbonyl (C=O) groups excluding carboxylic acids is 2. The molecule has 0 bridgehead atoms. The highest BCUT2D eigenvalue weighted by Gasteiger charge is 2.40. The van der Waals surface area contributed by atoms with E-state index in [9.17, 15) is 9.59 Å². The van der Waals surface area contributed by atoms with E-state index in [0.717, 1.165) is 16.5 Å². The van der Waals surface area contributed by atoms with E-state index in [1.807, 2.05) is 42.5 Å². The van der Waals surface area contributed by atoms with Crippen LogP contribution in [0.25, 0.3) is 10.9 Å². The molecular formula is C18H13N3O2. The third kappa shape index (κ3) is 2.23. The number of benzene rings is 2. The second-order valence-electron chi connectivity index (χ2n) is 5.37. The van der Waals surface area contributed by atoms with Gasteiger partial charge in [0.2, 0.25) is 5.91 Å². The van der Waals surface area contributed by atoms with E-state index in [1.54, 1.807) is 18.3 Å². The number of aromatic amines is 1. The molecule has 4 rings (SSSR count). The van der Waals surface area contributed by atoms with Gasteiger partial charge in [-0.05, 0) is 23.8 Å². The van der Waals surface area contributed by atoms with Crippen molar-refractivity contribution >= 4 is 34.1 Å². The summed E-state index contributed by atoms with van der Waals surface area (Å²) in [6.07, 6.45) is 1.77. The fraction of sp³-hybridized carbons (Fsp3) is 0.0556. The first-order valence-corrected chi connectivity index (χ1v) is 7.29. The van der Waals surface area contributed by atoms with Gasteiger partial charge in [0.05, 0.1) is 5.69 Å². The predicted octanol–water partition coefficient (Wildman–Crippen LogP) is 2.68. The number of nitrogens with zero attached hydrogens (tertiary/aromatic N) is 1. The van der Waals surface area contributed by atoms with Gasteiger partial charge in [0.25, 0.3) is 5.91 Å². The zero-order valence-corrected chi connectivity index (χ0v) is 12.1. The summed E-state index contributed by atoms with van der Waals surface area (Å²) in [6.45, 7) is 0. The Bertz CT molecular complexity index is 941. The molecule has 1 atom stereocenters. The molecule has 2 amide bonds. The Morgan fingerprint density at radius 3 is 2.48 bits per heavy atom. The van der Waals surface area contributed by atoms with Gasteiger partial charge in [0, 0.05) is 17.1 Å². The third-order valence-corrected chi connectivity index (χ3v) is 3.94. The Labute approximate surface area is 132 Å². The second kappa shape index (κ2) is 5.21. The topological polar surface area (TPSA) is 74.3 Å². The molecule has 2 N–H and O–H groups in total. The van der Waals surface area contributed by atoms with Crippen LogP contribution in [-0.4, -0.2) is 22.5 Å². The molecule has 1 aliphatic rings. The third-order valence-electron chi connectivity index (χ3n) is 3.94. The molecule has 5 heteroatoms. The molecule has 0 saturated carbocycles. The van der Waals surface area contributed by atoms with E-state index < -0.39 is 11.8 Å². The lowest BCUT2D eigenvalue weighted by molar-refractivity contribution is -0.124. The molecule has 2 heterocycles. The molecule has 1 unspecified atom stereocenters. The monoisotopic (exact) mass is 303 g/mol. The largest absolute Gasteiger partial charge is 0.361 e. The fourth-order valence-corrected chi connectivity index (χ4v) is 2.88. The van der Waals surface area contributed by atoms with E-state index in [2.05, 4.69) is 15.3 Å². The number of nitrogens with one attached hydrogen (secondary N) is 2. The van der Waals surface area contributed by atoms with Crippen LogP contribution in [0.5, 0.6) is 0 Å². The number of fused-ring (bicyclic) bond motifs is 1. The number of para-hydroxylation sites is 2. The number of rotatable bonds is 2. The molecule has 5 nitrogen and oxygen atoms in total. The fourth-order valence-electron chi connectivity index (χ4n) is 2.88. The van der Waals surface area contributed by atoms with Crippen molar-refractivity contribution in [2.24, 2.45) is 4.99 Å². The molecule has 0 spiro atoms.